The first-order valence-corrected chi connectivity index (χ1v) is 5.44. The lowest BCUT2D eigenvalue weighted by Gasteiger charge is -2.29. The van der Waals surface area contributed by atoms with E-state index in [1.807, 2.05) is 0 Å². The van der Waals surface area contributed by atoms with Gasteiger partial charge in [-0.05, 0) is 31.1 Å². The van der Waals surface area contributed by atoms with Crippen LogP contribution in [0.4, 0.5) is 0 Å². The van der Waals surface area contributed by atoms with Gasteiger partial charge in [-0.3, -0.25) is 4.99 Å². The van der Waals surface area contributed by atoms with Crippen LogP contribution in [-0.4, -0.2) is 11.9 Å². The van der Waals surface area contributed by atoms with Crippen molar-refractivity contribution >= 4 is 5.84 Å². The molecule has 1 saturated carbocycles. The lowest BCUT2D eigenvalue weighted by Crippen LogP contribution is -2.25. The molecule has 0 aliphatic heterocycles. The highest BCUT2D eigenvalue weighted by atomic mass is 14.9. The number of hydrogen-bond donors (Lipinski definition) is 1. The molecular formula is C11H22N2. The summed E-state index contributed by atoms with van der Waals surface area (Å²) in [7, 11) is 0. The van der Waals surface area contributed by atoms with Gasteiger partial charge >= 0.3 is 0 Å². The number of aliphatic imine (C=N–C) groups is 1. The van der Waals surface area contributed by atoms with Gasteiger partial charge in [-0.1, -0.05) is 20.8 Å². The summed E-state index contributed by atoms with van der Waals surface area (Å²) in [4.78, 5) is 4.55. The van der Waals surface area contributed by atoms with Gasteiger partial charge < -0.3 is 5.73 Å². The molecule has 1 rings (SSSR count). The molecule has 2 atom stereocenters. The van der Waals surface area contributed by atoms with Crippen LogP contribution in [0, 0.1) is 11.8 Å². The van der Waals surface area contributed by atoms with Crippen molar-refractivity contribution in [2.75, 3.05) is 0 Å². The van der Waals surface area contributed by atoms with E-state index in [0.29, 0.717) is 6.04 Å². The predicted molar refractivity (Wildman–Crippen MR) is 57.9 cm³/mol. The van der Waals surface area contributed by atoms with Crippen LogP contribution >= 0.6 is 0 Å². The minimum absolute atomic E-state index is 0.499. The first-order valence-electron chi connectivity index (χ1n) is 5.44. The van der Waals surface area contributed by atoms with Gasteiger partial charge in [0.15, 0.2) is 0 Å². The van der Waals surface area contributed by atoms with E-state index in [-0.39, 0.29) is 0 Å². The molecule has 13 heavy (non-hydrogen) atoms. The molecule has 0 heterocycles. The van der Waals surface area contributed by atoms with Crippen molar-refractivity contribution in [3.05, 3.63) is 0 Å². The summed E-state index contributed by atoms with van der Waals surface area (Å²) >= 11 is 0. The number of hydrogen-bond acceptors (Lipinski definition) is 1. The molecule has 0 aromatic carbocycles. The Hall–Kier alpha value is -0.530. The summed E-state index contributed by atoms with van der Waals surface area (Å²) in [5.74, 6) is 2.47. The molecule has 0 aromatic rings. The minimum Gasteiger partial charge on any atom is -0.387 e. The lowest BCUT2D eigenvalue weighted by molar-refractivity contribution is 0.270. The van der Waals surface area contributed by atoms with Gasteiger partial charge in [-0.2, -0.15) is 0 Å². The van der Waals surface area contributed by atoms with E-state index in [1.165, 1.54) is 19.3 Å². The Morgan fingerprint density at radius 1 is 1.23 bits per heavy atom. The summed E-state index contributed by atoms with van der Waals surface area (Å²) in [6, 6.07) is 0.499. The van der Waals surface area contributed by atoms with Gasteiger partial charge in [0.05, 0.1) is 11.9 Å². The van der Waals surface area contributed by atoms with Crippen LogP contribution in [0.3, 0.4) is 0 Å². The normalized spacial score (nSPS) is 36.2. The monoisotopic (exact) mass is 182 g/mol. The maximum atomic E-state index is 5.74. The fourth-order valence-electron chi connectivity index (χ4n) is 2.34. The molecule has 1 aliphatic carbocycles. The van der Waals surface area contributed by atoms with Gasteiger partial charge in [-0.25, -0.2) is 0 Å². The van der Waals surface area contributed by atoms with E-state index in [9.17, 15) is 0 Å². The summed E-state index contributed by atoms with van der Waals surface area (Å²) in [6.45, 7) is 6.70. The SMILES string of the molecule is CCC(N)=NC1CC(C)CC(C)C1. The van der Waals surface area contributed by atoms with Crippen LogP contribution in [0.2, 0.25) is 0 Å². The Labute approximate surface area is 81.6 Å². The quantitative estimate of drug-likeness (QED) is 0.517. The highest BCUT2D eigenvalue weighted by molar-refractivity contribution is 5.80. The summed E-state index contributed by atoms with van der Waals surface area (Å²) in [5.41, 5.74) is 5.74. The lowest BCUT2D eigenvalue weighted by atomic mass is 9.81. The molecular weight excluding hydrogens is 160 g/mol. The second-order valence-electron chi connectivity index (χ2n) is 4.55. The van der Waals surface area contributed by atoms with Gasteiger partial charge in [0.25, 0.3) is 0 Å². The zero-order valence-electron chi connectivity index (χ0n) is 9.09. The van der Waals surface area contributed by atoms with Crippen molar-refractivity contribution in [1.82, 2.24) is 0 Å². The molecule has 1 aliphatic rings. The van der Waals surface area contributed by atoms with Crippen LogP contribution in [-0.2, 0) is 0 Å². The molecule has 0 spiro atoms. The molecule has 0 amide bonds. The molecule has 76 valence electrons. The Bertz CT molecular complexity index is 177. The zero-order valence-corrected chi connectivity index (χ0v) is 9.09. The van der Waals surface area contributed by atoms with E-state index in [4.69, 9.17) is 5.73 Å². The van der Waals surface area contributed by atoms with Gasteiger partial charge in [0.2, 0.25) is 0 Å². The highest BCUT2D eigenvalue weighted by Crippen LogP contribution is 2.30. The smallest absolute Gasteiger partial charge is 0.0937 e. The first-order chi connectivity index (χ1) is 6.11. The molecule has 2 N–H and O–H groups in total. The largest absolute Gasteiger partial charge is 0.387 e. The number of amidine groups is 1. The van der Waals surface area contributed by atoms with Gasteiger partial charge in [0.1, 0.15) is 0 Å². The van der Waals surface area contributed by atoms with E-state index in [1.54, 1.807) is 0 Å². The van der Waals surface area contributed by atoms with E-state index < -0.39 is 0 Å². The molecule has 0 radical (unpaired) electrons. The summed E-state index contributed by atoms with van der Waals surface area (Å²) in [6.07, 6.45) is 4.70. The van der Waals surface area contributed by atoms with Crippen LogP contribution in [0.1, 0.15) is 46.5 Å². The van der Waals surface area contributed by atoms with Crippen LogP contribution in [0.15, 0.2) is 4.99 Å². The zero-order chi connectivity index (χ0) is 9.84. The maximum absolute atomic E-state index is 5.74. The van der Waals surface area contributed by atoms with Crippen molar-refractivity contribution in [2.45, 2.75) is 52.5 Å². The fourth-order valence-corrected chi connectivity index (χ4v) is 2.34. The van der Waals surface area contributed by atoms with Crippen LogP contribution < -0.4 is 5.73 Å². The summed E-state index contributed by atoms with van der Waals surface area (Å²) in [5, 5.41) is 0. The van der Waals surface area contributed by atoms with Crippen molar-refractivity contribution in [3.63, 3.8) is 0 Å². The van der Waals surface area contributed by atoms with Crippen LogP contribution in [0.5, 0.6) is 0 Å². The molecule has 2 unspecified atom stereocenters. The maximum Gasteiger partial charge on any atom is 0.0937 e. The van der Waals surface area contributed by atoms with Crippen molar-refractivity contribution < 1.29 is 0 Å². The molecule has 0 bridgehead atoms. The average Bonchev–Trinajstić information content (AvgIpc) is 2.02. The molecule has 0 saturated heterocycles. The molecule has 0 aromatic heterocycles. The third-order valence-electron chi connectivity index (χ3n) is 2.86. The predicted octanol–water partition coefficient (Wildman–Crippen LogP) is 2.58. The Morgan fingerprint density at radius 2 is 1.77 bits per heavy atom. The Kier molecular flexibility index (Phi) is 3.76. The standard InChI is InChI=1S/C11H22N2/c1-4-11(12)13-10-6-8(2)5-9(3)7-10/h8-10H,4-7H2,1-3H3,(H2,12,13). The number of nitrogens with zero attached hydrogens (tertiary/aromatic N) is 1. The van der Waals surface area contributed by atoms with Gasteiger partial charge in [0, 0.05) is 6.42 Å². The van der Waals surface area contributed by atoms with Crippen molar-refractivity contribution in [2.24, 2.45) is 22.6 Å². The fraction of sp³-hybridized carbons (Fsp3) is 0.909. The molecule has 2 nitrogen and oxygen atoms in total. The Morgan fingerprint density at radius 3 is 2.23 bits per heavy atom. The highest BCUT2D eigenvalue weighted by Gasteiger charge is 2.23. The molecule has 1 fully saturated rings. The average molecular weight is 182 g/mol. The summed E-state index contributed by atoms with van der Waals surface area (Å²) < 4.78 is 0. The van der Waals surface area contributed by atoms with E-state index in [0.717, 1.165) is 24.1 Å². The topological polar surface area (TPSA) is 38.4 Å². The second-order valence-corrected chi connectivity index (χ2v) is 4.55. The van der Waals surface area contributed by atoms with E-state index >= 15 is 0 Å². The number of nitrogens with two attached hydrogens (primary N) is 1. The van der Waals surface area contributed by atoms with Crippen molar-refractivity contribution in [3.8, 4) is 0 Å². The van der Waals surface area contributed by atoms with Gasteiger partial charge in [-0.15, -0.1) is 0 Å². The first kappa shape index (κ1) is 10.6. The second kappa shape index (κ2) is 4.64. The van der Waals surface area contributed by atoms with Crippen LogP contribution in [0.25, 0.3) is 0 Å². The third kappa shape index (κ3) is 3.37. The Balaban J connectivity index is 2.50. The van der Waals surface area contributed by atoms with E-state index in [2.05, 4.69) is 25.8 Å². The molecule has 2 heteroatoms. The minimum atomic E-state index is 0.499. The van der Waals surface area contributed by atoms with Crippen molar-refractivity contribution in [1.29, 1.82) is 0 Å². The number of rotatable bonds is 2. The third-order valence-corrected chi connectivity index (χ3v) is 2.86.